The van der Waals surface area contributed by atoms with E-state index in [2.05, 4.69) is 6.92 Å². The number of fused-ring (bicyclic) bond motifs is 1. The van der Waals surface area contributed by atoms with Crippen LogP contribution in [-0.2, 0) is 0 Å². The molecule has 1 unspecified atom stereocenters. The third-order valence-corrected chi connectivity index (χ3v) is 4.77. The van der Waals surface area contributed by atoms with Gasteiger partial charge in [-0.05, 0) is 37.0 Å². The van der Waals surface area contributed by atoms with Crippen molar-refractivity contribution in [3.05, 3.63) is 23.8 Å². The summed E-state index contributed by atoms with van der Waals surface area (Å²) in [6.07, 6.45) is 5.35. The van der Waals surface area contributed by atoms with Crippen LogP contribution in [0.5, 0.6) is 11.5 Å². The van der Waals surface area contributed by atoms with Crippen LogP contribution in [0.2, 0.25) is 0 Å². The largest absolute Gasteiger partial charge is 0.486 e. The molecule has 0 aromatic heterocycles. The number of benzene rings is 1. The Balaban J connectivity index is 1.88. The average molecular weight is 262 g/mol. The van der Waals surface area contributed by atoms with Crippen molar-refractivity contribution in [3.63, 3.8) is 0 Å². The monoisotopic (exact) mass is 262 g/mol. The minimum absolute atomic E-state index is 0.0593. The smallest absolute Gasteiger partial charge is 0.161 e. The molecular formula is C16H22O3. The zero-order valence-corrected chi connectivity index (χ0v) is 11.5. The van der Waals surface area contributed by atoms with Gasteiger partial charge in [-0.15, -0.1) is 0 Å². The van der Waals surface area contributed by atoms with Crippen LogP contribution < -0.4 is 9.47 Å². The first kappa shape index (κ1) is 12.8. The molecule has 3 heteroatoms. The second kappa shape index (κ2) is 5.04. The summed E-state index contributed by atoms with van der Waals surface area (Å²) < 4.78 is 11.1. The summed E-state index contributed by atoms with van der Waals surface area (Å²) in [5.74, 6) is 1.56. The molecule has 1 N–H and O–H groups in total. The van der Waals surface area contributed by atoms with Crippen molar-refractivity contribution in [2.75, 3.05) is 13.2 Å². The van der Waals surface area contributed by atoms with Crippen LogP contribution in [0.25, 0.3) is 0 Å². The minimum Gasteiger partial charge on any atom is -0.486 e. The highest BCUT2D eigenvalue weighted by Gasteiger charge is 2.39. The third kappa shape index (κ3) is 2.20. The van der Waals surface area contributed by atoms with Gasteiger partial charge in [0, 0.05) is 5.41 Å². The molecule has 0 bridgehead atoms. The summed E-state index contributed by atoms with van der Waals surface area (Å²) in [6.45, 7) is 3.38. The Morgan fingerprint density at radius 3 is 2.53 bits per heavy atom. The van der Waals surface area contributed by atoms with Gasteiger partial charge in [-0.25, -0.2) is 0 Å². The van der Waals surface area contributed by atoms with Crippen molar-refractivity contribution in [2.45, 2.75) is 45.1 Å². The van der Waals surface area contributed by atoms with Gasteiger partial charge in [0.1, 0.15) is 13.2 Å². The molecule has 3 nitrogen and oxygen atoms in total. The van der Waals surface area contributed by atoms with Gasteiger partial charge in [0.05, 0.1) is 6.10 Å². The molecule has 1 fully saturated rings. The van der Waals surface area contributed by atoms with Gasteiger partial charge >= 0.3 is 0 Å². The Kier molecular flexibility index (Phi) is 3.40. The Morgan fingerprint density at radius 1 is 1.16 bits per heavy atom. The molecule has 1 saturated carbocycles. The van der Waals surface area contributed by atoms with E-state index in [1.54, 1.807) is 0 Å². The van der Waals surface area contributed by atoms with Gasteiger partial charge in [0.25, 0.3) is 0 Å². The fraction of sp³-hybridized carbons (Fsp3) is 0.625. The SMILES string of the molecule is CCC1(C(O)c2ccc3c(c2)OCCO3)CCCC1. The van der Waals surface area contributed by atoms with Crippen molar-refractivity contribution < 1.29 is 14.6 Å². The van der Waals surface area contributed by atoms with E-state index in [9.17, 15) is 5.11 Å². The topological polar surface area (TPSA) is 38.7 Å². The Hall–Kier alpha value is -1.22. The number of aliphatic hydroxyl groups is 1. The van der Waals surface area contributed by atoms with E-state index in [0.717, 1.165) is 36.3 Å². The third-order valence-electron chi connectivity index (χ3n) is 4.77. The van der Waals surface area contributed by atoms with Gasteiger partial charge in [-0.3, -0.25) is 0 Å². The highest BCUT2D eigenvalue weighted by molar-refractivity contribution is 5.44. The van der Waals surface area contributed by atoms with Gasteiger partial charge < -0.3 is 14.6 Å². The van der Waals surface area contributed by atoms with E-state index < -0.39 is 6.10 Å². The van der Waals surface area contributed by atoms with Crippen molar-refractivity contribution in [3.8, 4) is 11.5 Å². The van der Waals surface area contributed by atoms with Crippen LogP contribution >= 0.6 is 0 Å². The summed E-state index contributed by atoms with van der Waals surface area (Å²) >= 11 is 0. The fourth-order valence-electron chi connectivity index (χ4n) is 3.48. The van der Waals surface area contributed by atoms with E-state index in [1.807, 2.05) is 18.2 Å². The van der Waals surface area contributed by atoms with Crippen LogP contribution in [0.3, 0.4) is 0 Å². The first-order valence-corrected chi connectivity index (χ1v) is 7.33. The second-order valence-corrected chi connectivity index (χ2v) is 5.73. The van der Waals surface area contributed by atoms with Gasteiger partial charge in [0.2, 0.25) is 0 Å². The van der Waals surface area contributed by atoms with Crippen LogP contribution in [-0.4, -0.2) is 18.3 Å². The summed E-state index contributed by atoms with van der Waals surface area (Å²) in [7, 11) is 0. The van der Waals surface area contributed by atoms with E-state index in [1.165, 1.54) is 12.8 Å². The van der Waals surface area contributed by atoms with Crippen molar-refractivity contribution in [2.24, 2.45) is 5.41 Å². The highest BCUT2D eigenvalue weighted by Crippen LogP contribution is 2.50. The van der Waals surface area contributed by atoms with Crippen LogP contribution in [0.4, 0.5) is 0 Å². The summed E-state index contributed by atoms with van der Waals surface area (Å²) in [5, 5.41) is 10.8. The number of ether oxygens (including phenoxy) is 2. The average Bonchev–Trinajstić information content (AvgIpc) is 2.96. The van der Waals surface area contributed by atoms with Crippen molar-refractivity contribution >= 4 is 0 Å². The lowest BCUT2D eigenvalue weighted by Gasteiger charge is -2.34. The van der Waals surface area contributed by atoms with Crippen molar-refractivity contribution in [1.29, 1.82) is 0 Å². The molecule has 19 heavy (non-hydrogen) atoms. The molecule has 0 amide bonds. The molecule has 0 radical (unpaired) electrons. The lowest BCUT2D eigenvalue weighted by molar-refractivity contribution is 0.0234. The maximum atomic E-state index is 10.8. The first-order chi connectivity index (χ1) is 9.25. The van der Waals surface area contributed by atoms with E-state index in [0.29, 0.717) is 13.2 Å². The van der Waals surface area contributed by atoms with Gasteiger partial charge in [-0.2, -0.15) is 0 Å². The zero-order chi connectivity index (χ0) is 13.3. The zero-order valence-electron chi connectivity index (χ0n) is 11.5. The number of rotatable bonds is 3. The number of hydrogen-bond acceptors (Lipinski definition) is 3. The van der Waals surface area contributed by atoms with E-state index in [4.69, 9.17) is 9.47 Å². The maximum absolute atomic E-state index is 10.8. The molecule has 1 aromatic carbocycles. The minimum atomic E-state index is -0.393. The van der Waals surface area contributed by atoms with Crippen LogP contribution in [0, 0.1) is 5.41 Å². The fourth-order valence-corrected chi connectivity index (χ4v) is 3.48. The predicted octanol–water partition coefficient (Wildman–Crippen LogP) is 3.46. The second-order valence-electron chi connectivity index (χ2n) is 5.73. The quantitative estimate of drug-likeness (QED) is 0.906. The van der Waals surface area contributed by atoms with Gasteiger partial charge in [-0.1, -0.05) is 25.8 Å². The Labute approximate surface area is 114 Å². The normalized spacial score (nSPS) is 22.2. The molecule has 1 aliphatic heterocycles. The summed E-state index contributed by atoms with van der Waals surface area (Å²) in [4.78, 5) is 0. The highest BCUT2D eigenvalue weighted by atomic mass is 16.6. The summed E-state index contributed by atoms with van der Waals surface area (Å²) in [5.41, 5.74) is 1.03. The Bertz CT molecular complexity index is 449. The molecule has 3 rings (SSSR count). The van der Waals surface area contributed by atoms with E-state index >= 15 is 0 Å². The predicted molar refractivity (Wildman–Crippen MR) is 73.6 cm³/mol. The molecule has 0 spiro atoms. The molecule has 1 atom stereocenters. The van der Waals surface area contributed by atoms with Crippen molar-refractivity contribution in [1.82, 2.24) is 0 Å². The van der Waals surface area contributed by atoms with E-state index in [-0.39, 0.29) is 5.41 Å². The number of aliphatic hydroxyl groups excluding tert-OH is 1. The first-order valence-electron chi connectivity index (χ1n) is 7.33. The Morgan fingerprint density at radius 2 is 1.84 bits per heavy atom. The van der Waals surface area contributed by atoms with Gasteiger partial charge in [0.15, 0.2) is 11.5 Å². The molecule has 2 aliphatic rings. The number of hydrogen-bond donors (Lipinski definition) is 1. The van der Waals surface area contributed by atoms with Crippen LogP contribution in [0.1, 0.15) is 50.7 Å². The molecule has 1 aromatic rings. The molecule has 1 heterocycles. The molecule has 104 valence electrons. The lowest BCUT2D eigenvalue weighted by atomic mass is 9.75. The standard InChI is InChI=1S/C16H22O3/c1-2-16(7-3-4-8-16)15(17)12-5-6-13-14(11-12)19-10-9-18-13/h5-6,11,15,17H,2-4,7-10H2,1H3. The summed E-state index contributed by atoms with van der Waals surface area (Å²) in [6, 6.07) is 5.86. The maximum Gasteiger partial charge on any atom is 0.161 e. The molecule has 1 aliphatic carbocycles. The molecular weight excluding hydrogens is 240 g/mol. The van der Waals surface area contributed by atoms with Crippen LogP contribution in [0.15, 0.2) is 18.2 Å². The lowest BCUT2D eigenvalue weighted by Crippen LogP contribution is -2.25. The molecule has 0 saturated heterocycles.